The SMILES string of the molecule is CCN1CCOC(c2noc(-c3c(C)nsc3N)n2)C1. The highest BCUT2D eigenvalue weighted by Gasteiger charge is 2.27. The Morgan fingerprint density at radius 1 is 1.50 bits per heavy atom. The van der Waals surface area contributed by atoms with Crippen LogP contribution < -0.4 is 5.73 Å². The van der Waals surface area contributed by atoms with Crippen LogP contribution in [0.2, 0.25) is 0 Å². The third-order valence-electron chi connectivity index (χ3n) is 3.43. The zero-order valence-electron chi connectivity index (χ0n) is 11.5. The van der Waals surface area contributed by atoms with E-state index in [1.54, 1.807) is 0 Å². The molecule has 20 heavy (non-hydrogen) atoms. The molecule has 108 valence electrons. The number of ether oxygens (including phenoxy) is 1. The fourth-order valence-corrected chi connectivity index (χ4v) is 2.91. The number of hydrogen-bond acceptors (Lipinski definition) is 8. The Bertz CT molecular complexity index is 577. The summed E-state index contributed by atoms with van der Waals surface area (Å²) in [5.74, 6) is 0.990. The summed E-state index contributed by atoms with van der Waals surface area (Å²) in [6.45, 7) is 7.41. The topological polar surface area (TPSA) is 90.3 Å². The summed E-state index contributed by atoms with van der Waals surface area (Å²) in [5.41, 5.74) is 7.43. The summed E-state index contributed by atoms with van der Waals surface area (Å²) in [7, 11) is 0. The number of nitrogens with zero attached hydrogens (tertiary/aromatic N) is 4. The van der Waals surface area contributed by atoms with Gasteiger partial charge < -0.3 is 15.0 Å². The van der Waals surface area contributed by atoms with E-state index >= 15 is 0 Å². The van der Waals surface area contributed by atoms with Gasteiger partial charge in [0.1, 0.15) is 11.1 Å². The van der Waals surface area contributed by atoms with Crippen molar-refractivity contribution in [1.82, 2.24) is 19.4 Å². The molecule has 1 fully saturated rings. The summed E-state index contributed by atoms with van der Waals surface area (Å²) >= 11 is 1.24. The second-order valence-electron chi connectivity index (χ2n) is 4.72. The Hall–Kier alpha value is -1.51. The third kappa shape index (κ3) is 2.41. The van der Waals surface area contributed by atoms with Gasteiger partial charge in [0.25, 0.3) is 5.89 Å². The van der Waals surface area contributed by atoms with E-state index in [1.807, 2.05) is 6.92 Å². The molecule has 3 rings (SSSR count). The maximum absolute atomic E-state index is 5.89. The van der Waals surface area contributed by atoms with Gasteiger partial charge in [-0.1, -0.05) is 12.1 Å². The van der Waals surface area contributed by atoms with Gasteiger partial charge >= 0.3 is 0 Å². The fraction of sp³-hybridized carbons (Fsp3) is 0.583. The van der Waals surface area contributed by atoms with Gasteiger partial charge in [0.15, 0.2) is 0 Å². The lowest BCUT2D eigenvalue weighted by Gasteiger charge is -2.30. The average Bonchev–Trinajstić information content (AvgIpc) is 3.06. The molecule has 7 nitrogen and oxygen atoms in total. The molecule has 0 saturated carbocycles. The molecular weight excluding hydrogens is 278 g/mol. The number of morpholine rings is 1. The van der Waals surface area contributed by atoms with Crippen molar-refractivity contribution in [2.75, 3.05) is 32.0 Å². The largest absolute Gasteiger partial charge is 0.389 e. The van der Waals surface area contributed by atoms with Crippen molar-refractivity contribution in [1.29, 1.82) is 0 Å². The van der Waals surface area contributed by atoms with E-state index in [9.17, 15) is 0 Å². The Morgan fingerprint density at radius 2 is 2.35 bits per heavy atom. The van der Waals surface area contributed by atoms with Crippen molar-refractivity contribution in [2.24, 2.45) is 0 Å². The molecule has 0 aromatic carbocycles. The first-order valence-corrected chi connectivity index (χ1v) is 7.36. The molecule has 8 heteroatoms. The van der Waals surface area contributed by atoms with Gasteiger partial charge in [0.2, 0.25) is 5.82 Å². The number of anilines is 1. The quantitative estimate of drug-likeness (QED) is 0.917. The van der Waals surface area contributed by atoms with E-state index in [0.717, 1.165) is 30.9 Å². The van der Waals surface area contributed by atoms with Gasteiger partial charge in [-0.05, 0) is 25.0 Å². The summed E-state index contributed by atoms with van der Waals surface area (Å²) in [6.07, 6.45) is -0.144. The van der Waals surface area contributed by atoms with Crippen molar-refractivity contribution >= 4 is 16.5 Å². The number of likely N-dealkylation sites (N-methyl/N-ethyl adjacent to an activating group) is 1. The molecule has 1 saturated heterocycles. The standard InChI is InChI=1S/C12H17N5O2S/c1-3-17-4-5-18-8(6-17)11-14-12(19-15-11)9-7(2)16-20-10(9)13/h8H,3-6,13H2,1-2H3. The van der Waals surface area contributed by atoms with Crippen molar-refractivity contribution in [3.05, 3.63) is 11.5 Å². The van der Waals surface area contributed by atoms with Gasteiger partial charge in [-0.15, -0.1) is 0 Å². The highest BCUT2D eigenvalue weighted by molar-refractivity contribution is 7.10. The molecule has 3 heterocycles. The van der Waals surface area contributed by atoms with Crippen LogP contribution in [0, 0.1) is 6.92 Å². The molecule has 0 bridgehead atoms. The Labute approximate surface area is 120 Å². The minimum absolute atomic E-state index is 0.144. The number of nitrogen functional groups attached to an aromatic ring is 1. The normalized spacial score (nSPS) is 20.4. The van der Waals surface area contributed by atoms with Crippen LogP contribution in [0.25, 0.3) is 11.5 Å². The minimum Gasteiger partial charge on any atom is -0.389 e. The predicted octanol–water partition coefficient (Wildman–Crippen LogP) is 1.48. The molecule has 2 aromatic rings. The van der Waals surface area contributed by atoms with Crippen LogP contribution in [-0.4, -0.2) is 45.7 Å². The van der Waals surface area contributed by atoms with Crippen molar-refractivity contribution in [2.45, 2.75) is 20.0 Å². The van der Waals surface area contributed by atoms with Gasteiger partial charge in [-0.25, -0.2) is 0 Å². The highest BCUT2D eigenvalue weighted by atomic mass is 32.1. The number of nitrogens with two attached hydrogens (primary N) is 1. The molecule has 1 atom stereocenters. The van der Waals surface area contributed by atoms with Crippen LogP contribution >= 0.6 is 11.5 Å². The maximum atomic E-state index is 5.89. The molecule has 2 aromatic heterocycles. The lowest BCUT2D eigenvalue weighted by molar-refractivity contribution is -0.0334. The third-order valence-corrected chi connectivity index (χ3v) is 4.20. The van der Waals surface area contributed by atoms with E-state index < -0.39 is 0 Å². The van der Waals surface area contributed by atoms with E-state index in [2.05, 4.69) is 26.3 Å². The molecule has 1 unspecified atom stereocenters. The predicted molar refractivity (Wildman–Crippen MR) is 75.4 cm³/mol. The molecule has 0 amide bonds. The Kier molecular flexibility index (Phi) is 3.68. The Balaban J connectivity index is 1.83. The van der Waals surface area contributed by atoms with Crippen molar-refractivity contribution in [3.8, 4) is 11.5 Å². The van der Waals surface area contributed by atoms with Gasteiger partial charge in [-0.3, -0.25) is 4.90 Å². The number of hydrogen-bond donors (Lipinski definition) is 1. The van der Waals surface area contributed by atoms with E-state index in [0.29, 0.717) is 23.3 Å². The van der Waals surface area contributed by atoms with Crippen molar-refractivity contribution in [3.63, 3.8) is 0 Å². The van der Waals surface area contributed by atoms with Crippen LogP contribution in [0.15, 0.2) is 4.52 Å². The van der Waals surface area contributed by atoms with Gasteiger partial charge in [0.05, 0.1) is 17.9 Å². The van der Waals surface area contributed by atoms with Crippen LogP contribution in [0.3, 0.4) is 0 Å². The summed E-state index contributed by atoms with van der Waals surface area (Å²) < 4.78 is 15.2. The number of rotatable bonds is 3. The molecule has 0 radical (unpaired) electrons. The fourth-order valence-electron chi connectivity index (χ4n) is 2.26. The van der Waals surface area contributed by atoms with Crippen molar-refractivity contribution < 1.29 is 9.26 Å². The van der Waals surface area contributed by atoms with Crippen LogP contribution in [0.1, 0.15) is 24.5 Å². The second-order valence-corrected chi connectivity index (χ2v) is 5.52. The molecule has 0 spiro atoms. The van der Waals surface area contributed by atoms with Crippen LogP contribution in [0.4, 0.5) is 5.00 Å². The summed E-state index contributed by atoms with van der Waals surface area (Å²) in [5, 5.41) is 4.63. The van der Waals surface area contributed by atoms with Gasteiger partial charge in [-0.2, -0.15) is 9.36 Å². The van der Waals surface area contributed by atoms with Crippen LogP contribution in [-0.2, 0) is 4.74 Å². The minimum atomic E-state index is -0.144. The summed E-state index contributed by atoms with van der Waals surface area (Å²) in [6, 6.07) is 0. The monoisotopic (exact) mass is 295 g/mol. The highest BCUT2D eigenvalue weighted by Crippen LogP contribution is 2.32. The Morgan fingerprint density at radius 3 is 3.05 bits per heavy atom. The average molecular weight is 295 g/mol. The van der Waals surface area contributed by atoms with Crippen LogP contribution in [0.5, 0.6) is 0 Å². The first-order valence-electron chi connectivity index (χ1n) is 6.58. The lowest BCUT2D eigenvalue weighted by atomic mass is 10.2. The molecular formula is C12H17N5O2S. The number of aromatic nitrogens is 3. The lowest BCUT2D eigenvalue weighted by Crippen LogP contribution is -2.38. The summed E-state index contributed by atoms with van der Waals surface area (Å²) in [4.78, 5) is 6.73. The van der Waals surface area contributed by atoms with E-state index in [1.165, 1.54) is 11.5 Å². The maximum Gasteiger partial charge on any atom is 0.262 e. The number of aryl methyl sites for hydroxylation is 1. The molecule has 1 aliphatic rings. The zero-order chi connectivity index (χ0) is 14.1. The molecule has 2 N–H and O–H groups in total. The first kappa shape index (κ1) is 13.5. The second kappa shape index (κ2) is 5.47. The molecule has 0 aliphatic carbocycles. The zero-order valence-corrected chi connectivity index (χ0v) is 12.3. The van der Waals surface area contributed by atoms with Gasteiger partial charge in [0, 0.05) is 13.1 Å². The van der Waals surface area contributed by atoms with E-state index in [4.69, 9.17) is 15.0 Å². The first-order chi connectivity index (χ1) is 9.69. The van der Waals surface area contributed by atoms with E-state index in [-0.39, 0.29) is 6.10 Å². The molecule has 1 aliphatic heterocycles. The smallest absolute Gasteiger partial charge is 0.262 e.